The van der Waals surface area contributed by atoms with Gasteiger partial charge in [-0.3, -0.25) is 4.79 Å². The summed E-state index contributed by atoms with van der Waals surface area (Å²) in [5.41, 5.74) is -0.760. The summed E-state index contributed by atoms with van der Waals surface area (Å²) >= 11 is 5.54. The number of carbonyl (C=O) groups is 1. The highest BCUT2D eigenvalue weighted by atomic mass is 35.5. The fraction of sp³-hybridized carbons (Fsp3) is 0.267. The minimum absolute atomic E-state index is 0.197. The molecule has 1 aromatic heterocycles. The topological polar surface area (TPSA) is 68.0 Å². The monoisotopic (exact) mass is 359 g/mol. The summed E-state index contributed by atoms with van der Waals surface area (Å²) in [6.07, 6.45) is -2.19. The highest BCUT2D eigenvalue weighted by molar-refractivity contribution is 6.31. The van der Waals surface area contributed by atoms with Gasteiger partial charge in [-0.2, -0.15) is 18.2 Å². The van der Waals surface area contributed by atoms with Crippen LogP contribution in [0, 0.1) is 6.92 Å². The van der Waals surface area contributed by atoms with Gasteiger partial charge in [-0.05, 0) is 37.6 Å². The molecule has 0 aliphatic heterocycles. The van der Waals surface area contributed by atoms with Crippen LogP contribution in [-0.2, 0) is 11.0 Å². The van der Waals surface area contributed by atoms with E-state index in [0.29, 0.717) is 5.82 Å². The van der Waals surface area contributed by atoms with Crippen molar-refractivity contribution in [2.45, 2.75) is 26.1 Å². The Labute approximate surface area is 140 Å². The van der Waals surface area contributed by atoms with Crippen molar-refractivity contribution in [3.8, 4) is 0 Å². The smallest absolute Gasteiger partial charge is 0.341 e. The van der Waals surface area contributed by atoms with Crippen LogP contribution in [0.4, 0.5) is 13.2 Å². The van der Waals surface area contributed by atoms with Crippen LogP contribution in [0.3, 0.4) is 0 Å². The SMILES string of the molecule is Cc1noc([C@@H](C)NC(=O)/C=C/c2ccc(Cl)c(C(F)(F)F)c2)n1. The Balaban J connectivity index is 2.06. The molecular formula is C15H13ClF3N3O2. The van der Waals surface area contributed by atoms with Crippen LogP contribution >= 0.6 is 11.6 Å². The molecule has 0 saturated carbocycles. The van der Waals surface area contributed by atoms with Crippen LogP contribution in [0.2, 0.25) is 5.02 Å². The van der Waals surface area contributed by atoms with Gasteiger partial charge in [0.2, 0.25) is 11.8 Å². The Morgan fingerprint density at radius 2 is 2.12 bits per heavy atom. The van der Waals surface area contributed by atoms with Crippen molar-refractivity contribution in [2.75, 3.05) is 0 Å². The third kappa shape index (κ3) is 4.58. The molecule has 0 spiro atoms. The standard InChI is InChI=1S/C15H13ClF3N3O2/c1-8(14-21-9(2)22-24-14)20-13(23)6-4-10-3-5-12(16)11(7-10)15(17,18)19/h3-8H,1-2H3,(H,20,23)/b6-4+/t8-/m1/s1. The molecule has 1 heterocycles. The first-order chi connectivity index (χ1) is 11.2. The summed E-state index contributed by atoms with van der Waals surface area (Å²) in [5, 5.41) is 5.77. The second-order valence-electron chi connectivity index (χ2n) is 4.98. The number of carbonyl (C=O) groups excluding carboxylic acids is 1. The summed E-state index contributed by atoms with van der Waals surface area (Å²) in [6.45, 7) is 3.28. The predicted molar refractivity (Wildman–Crippen MR) is 81.1 cm³/mol. The molecule has 5 nitrogen and oxygen atoms in total. The van der Waals surface area contributed by atoms with E-state index < -0.39 is 28.7 Å². The predicted octanol–water partition coefficient (Wildman–Crippen LogP) is 3.94. The van der Waals surface area contributed by atoms with E-state index in [1.807, 2.05) is 0 Å². The van der Waals surface area contributed by atoms with Gasteiger partial charge >= 0.3 is 6.18 Å². The van der Waals surface area contributed by atoms with E-state index in [0.717, 1.165) is 18.2 Å². The molecule has 0 radical (unpaired) electrons. The first-order valence-corrected chi connectivity index (χ1v) is 7.20. The van der Waals surface area contributed by atoms with Crippen molar-refractivity contribution in [3.05, 3.63) is 52.1 Å². The second kappa shape index (κ2) is 7.04. The Morgan fingerprint density at radius 3 is 2.71 bits per heavy atom. The number of amides is 1. The number of halogens is 4. The lowest BCUT2D eigenvalue weighted by Crippen LogP contribution is -2.24. The van der Waals surface area contributed by atoms with Crippen LogP contribution in [0.5, 0.6) is 0 Å². The molecule has 1 amide bonds. The second-order valence-corrected chi connectivity index (χ2v) is 5.39. The number of alkyl halides is 3. The number of hydrogen-bond donors (Lipinski definition) is 1. The summed E-state index contributed by atoms with van der Waals surface area (Å²) in [5.74, 6) is 0.157. The van der Waals surface area contributed by atoms with Crippen molar-refractivity contribution < 1.29 is 22.5 Å². The number of benzene rings is 1. The van der Waals surface area contributed by atoms with Gasteiger partial charge < -0.3 is 9.84 Å². The first-order valence-electron chi connectivity index (χ1n) is 6.82. The van der Waals surface area contributed by atoms with Crippen molar-refractivity contribution in [1.82, 2.24) is 15.5 Å². The molecule has 1 atom stereocenters. The number of nitrogens with zero attached hydrogens (tertiary/aromatic N) is 2. The van der Waals surface area contributed by atoms with E-state index in [2.05, 4.69) is 15.5 Å². The van der Waals surface area contributed by atoms with Gasteiger partial charge in [-0.15, -0.1) is 0 Å². The molecule has 0 aliphatic carbocycles. The maximum atomic E-state index is 12.8. The molecule has 0 saturated heterocycles. The molecule has 24 heavy (non-hydrogen) atoms. The minimum Gasteiger partial charge on any atom is -0.341 e. The summed E-state index contributed by atoms with van der Waals surface area (Å²) in [4.78, 5) is 15.8. The molecule has 1 aromatic carbocycles. The van der Waals surface area contributed by atoms with Crippen molar-refractivity contribution in [3.63, 3.8) is 0 Å². The lowest BCUT2D eigenvalue weighted by molar-refractivity contribution is -0.137. The molecular weight excluding hydrogens is 347 g/mol. The molecule has 128 valence electrons. The molecule has 0 fully saturated rings. The van der Waals surface area contributed by atoms with Gasteiger partial charge in [-0.1, -0.05) is 22.8 Å². The zero-order valence-corrected chi connectivity index (χ0v) is 13.4. The molecule has 0 aliphatic rings. The average Bonchev–Trinajstić information content (AvgIpc) is 2.92. The molecule has 0 bridgehead atoms. The van der Waals surface area contributed by atoms with Crippen molar-refractivity contribution in [1.29, 1.82) is 0 Å². The van der Waals surface area contributed by atoms with E-state index in [1.54, 1.807) is 13.8 Å². The first kappa shape index (κ1) is 18.0. The Morgan fingerprint density at radius 1 is 1.42 bits per heavy atom. The van der Waals surface area contributed by atoms with Gasteiger partial charge in [-0.25, -0.2) is 0 Å². The van der Waals surface area contributed by atoms with E-state index in [1.165, 1.54) is 12.1 Å². The maximum absolute atomic E-state index is 12.8. The summed E-state index contributed by atoms with van der Waals surface area (Å²) in [6, 6.07) is 2.86. The molecule has 0 unspecified atom stereocenters. The number of nitrogens with one attached hydrogen (secondary N) is 1. The number of hydrogen-bond acceptors (Lipinski definition) is 4. The Kier molecular flexibility index (Phi) is 5.28. The zero-order chi connectivity index (χ0) is 17.9. The van der Waals surface area contributed by atoms with Crippen LogP contribution in [0.25, 0.3) is 6.08 Å². The van der Waals surface area contributed by atoms with Crippen LogP contribution < -0.4 is 5.32 Å². The molecule has 2 rings (SSSR count). The number of aromatic nitrogens is 2. The summed E-state index contributed by atoms with van der Waals surface area (Å²) in [7, 11) is 0. The van der Waals surface area contributed by atoms with Gasteiger partial charge in [0.15, 0.2) is 5.82 Å². The van der Waals surface area contributed by atoms with E-state index >= 15 is 0 Å². The Hall–Kier alpha value is -2.35. The normalized spacial score (nSPS) is 13.2. The van der Waals surface area contributed by atoms with Crippen molar-refractivity contribution in [2.24, 2.45) is 0 Å². The zero-order valence-electron chi connectivity index (χ0n) is 12.7. The van der Waals surface area contributed by atoms with E-state index in [9.17, 15) is 18.0 Å². The van der Waals surface area contributed by atoms with Crippen molar-refractivity contribution >= 4 is 23.6 Å². The van der Waals surface area contributed by atoms with Gasteiger partial charge in [0.25, 0.3) is 0 Å². The third-order valence-corrected chi connectivity index (χ3v) is 3.33. The lowest BCUT2D eigenvalue weighted by Gasteiger charge is -2.09. The van der Waals surface area contributed by atoms with Crippen LogP contribution in [0.1, 0.15) is 35.8 Å². The highest BCUT2D eigenvalue weighted by Crippen LogP contribution is 2.35. The molecule has 2 aromatic rings. The molecule has 1 N–H and O–H groups in total. The average molecular weight is 360 g/mol. The number of aryl methyl sites for hydroxylation is 1. The van der Waals surface area contributed by atoms with Gasteiger partial charge in [0.1, 0.15) is 6.04 Å². The van der Waals surface area contributed by atoms with Gasteiger partial charge in [0.05, 0.1) is 10.6 Å². The quantitative estimate of drug-likeness (QED) is 0.839. The molecule has 9 heteroatoms. The fourth-order valence-electron chi connectivity index (χ4n) is 1.85. The fourth-order valence-corrected chi connectivity index (χ4v) is 2.07. The van der Waals surface area contributed by atoms with Crippen LogP contribution in [-0.4, -0.2) is 16.0 Å². The Bertz CT molecular complexity index is 772. The highest BCUT2D eigenvalue weighted by Gasteiger charge is 2.33. The minimum atomic E-state index is -4.56. The van der Waals surface area contributed by atoms with E-state index in [-0.39, 0.29) is 11.5 Å². The van der Waals surface area contributed by atoms with Gasteiger partial charge in [0, 0.05) is 6.08 Å². The largest absolute Gasteiger partial charge is 0.417 e. The summed E-state index contributed by atoms with van der Waals surface area (Å²) < 4.78 is 43.3. The lowest BCUT2D eigenvalue weighted by atomic mass is 10.1. The maximum Gasteiger partial charge on any atom is 0.417 e. The van der Waals surface area contributed by atoms with Crippen LogP contribution in [0.15, 0.2) is 28.8 Å². The number of rotatable bonds is 4. The third-order valence-electron chi connectivity index (χ3n) is 3.00. The van der Waals surface area contributed by atoms with E-state index in [4.69, 9.17) is 16.1 Å².